The van der Waals surface area contributed by atoms with Crippen molar-refractivity contribution in [2.24, 2.45) is 5.92 Å². The first-order valence-corrected chi connectivity index (χ1v) is 10.2. The molecule has 7 nitrogen and oxygen atoms in total. The largest absolute Gasteiger partial charge is 0.484 e. The first-order valence-electron chi connectivity index (χ1n) is 10.2. The minimum absolute atomic E-state index is 0.0208. The molecule has 0 spiro atoms. The van der Waals surface area contributed by atoms with E-state index < -0.39 is 11.8 Å². The molecule has 2 aromatic carbocycles. The molecule has 30 heavy (non-hydrogen) atoms. The average Bonchev–Trinajstić information content (AvgIpc) is 2.81. The van der Waals surface area contributed by atoms with Crippen molar-refractivity contribution < 1.29 is 19.1 Å². The highest BCUT2D eigenvalue weighted by Gasteiger charge is 2.24. The lowest BCUT2D eigenvalue weighted by atomic mass is 9.96. The number of amides is 3. The third kappa shape index (κ3) is 6.62. The van der Waals surface area contributed by atoms with Gasteiger partial charge in [-0.1, -0.05) is 48.5 Å². The van der Waals surface area contributed by atoms with Crippen LogP contribution in [0, 0.1) is 5.92 Å². The predicted octanol–water partition coefficient (Wildman–Crippen LogP) is 1.74. The van der Waals surface area contributed by atoms with Crippen LogP contribution < -0.4 is 15.4 Å². The molecular weight excluding hydrogens is 382 g/mol. The Morgan fingerprint density at radius 1 is 0.867 bits per heavy atom. The van der Waals surface area contributed by atoms with Gasteiger partial charge in [-0.25, -0.2) is 0 Å². The van der Waals surface area contributed by atoms with Gasteiger partial charge in [0.1, 0.15) is 5.75 Å². The van der Waals surface area contributed by atoms with Crippen molar-refractivity contribution in [1.82, 2.24) is 15.5 Å². The zero-order valence-electron chi connectivity index (χ0n) is 16.9. The first kappa shape index (κ1) is 21.4. The van der Waals surface area contributed by atoms with Crippen LogP contribution in [-0.4, -0.2) is 48.9 Å². The summed E-state index contributed by atoms with van der Waals surface area (Å²) in [5.74, 6) is -0.379. The summed E-state index contributed by atoms with van der Waals surface area (Å²) in [6.07, 6.45) is 1.56. The summed E-state index contributed by atoms with van der Waals surface area (Å²) in [6.45, 7) is 2.02. The van der Waals surface area contributed by atoms with E-state index in [1.165, 1.54) is 0 Å². The minimum atomic E-state index is -0.635. The Morgan fingerprint density at radius 2 is 1.47 bits per heavy atom. The monoisotopic (exact) mass is 409 g/mol. The second-order valence-corrected chi connectivity index (χ2v) is 7.30. The number of nitrogens with one attached hydrogen (secondary N) is 2. The molecule has 3 amide bonds. The van der Waals surface area contributed by atoms with Crippen molar-refractivity contribution in [2.75, 3.05) is 26.2 Å². The molecular formula is C23H27N3O4. The quantitative estimate of drug-likeness (QED) is 0.682. The van der Waals surface area contributed by atoms with E-state index in [1.807, 2.05) is 60.7 Å². The second kappa shape index (κ2) is 11.0. The molecule has 3 rings (SSSR count). The highest BCUT2D eigenvalue weighted by Crippen LogP contribution is 2.17. The Hall–Kier alpha value is -3.35. The van der Waals surface area contributed by atoms with Crippen LogP contribution in [0.25, 0.3) is 0 Å². The Labute approximate surface area is 176 Å². The Balaban J connectivity index is 1.31. The fourth-order valence-corrected chi connectivity index (χ4v) is 3.32. The highest BCUT2D eigenvalue weighted by atomic mass is 16.5. The van der Waals surface area contributed by atoms with Crippen molar-refractivity contribution in [1.29, 1.82) is 0 Å². The summed E-state index contributed by atoms with van der Waals surface area (Å²) >= 11 is 0. The van der Waals surface area contributed by atoms with Crippen molar-refractivity contribution in [3.05, 3.63) is 66.2 Å². The third-order valence-corrected chi connectivity index (χ3v) is 5.13. The van der Waals surface area contributed by atoms with E-state index in [0.717, 1.165) is 18.4 Å². The molecule has 0 radical (unpaired) electrons. The van der Waals surface area contributed by atoms with E-state index in [1.54, 1.807) is 4.90 Å². The van der Waals surface area contributed by atoms with E-state index in [0.29, 0.717) is 31.9 Å². The summed E-state index contributed by atoms with van der Waals surface area (Å²) in [5.41, 5.74) is 0.937. The molecule has 1 heterocycles. The van der Waals surface area contributed by atoms with Gasteiger partial charge in [-0.3, -0.25) is 14.4 Å². The Kier molecular flexibility index (Phi) is 7.83. The molecule has 1 aliphatic rings. The lowest BCUT2D eigenvalue weighted by Crippen LogP contribution is -2.45. The molecule has 2 N–H and O–H groups in total. The van der Waals surface area contributed by atoms with E-state index >= 15 is 0 Å². The molecule has 1 fully saturated rings. The van der Waals surface area contributed by atoms with Crippen LogP contribution in [0.1, 0.15) is 18.4 Å². The average molecular weight is 409 g/mol. The molecule has 0 bridgehead atoms. The molecule has 7 heteroatoms. The van der Waals surface area contributed by atoms with E-state index in [4.69, 9.17) is 4.74 Å². The summed E-state index contributed by atoms with van der Waals surface area (Å²) in [7, 11) is 0. The van der Waals surface area contributed by atoms with Gasteiger partial charge in [0.05, 0.1) is 0 Å². The first-order chi connectivity index (χ1) is 14.6. The van der Waals surface area contributed by atoms with Crippen LogP contribution in [0.15, 0.2) is 60.7 Å². The lowest BCUT2D eigenvalue weighted by molar-refractivity contribution is -0.139. The number of ether oxygens (including phenoxy) is 1. The number of hydrogen-bond acceptors (Lipinski definition) is 4. The molecule has 1 aliphatic heterocycles. The number of likely N-dealkylation sites (tertiary alicyclic amines) is 1. The molecule has 0 aromatic heterocycles. The number of para-hydroxylation sites is 1. The lowest BCUT2D eigenvalue weighted by Gasteiger charge is -2.32. The van der Waals surface area contributed by atoms with Gasteiger partial charge in [-0.15, -0.1) is 0 Å². The van der Waals surface area contributed by atoms with Crippen LogP contribution in [0.4, 0.5) is 0 Å². The van der Waals surface area contributed by atoms with Crippen molar-refractivity contribution in [2.45, 2.75) is 19.4 Å². The van der Waals surface area contributed by atoms with Gasteiger partial charge < -0.3 is 20.3 Å². The molecule has 0 atom stereocenters. The maximum Gasteiger partial charge on any atom is 0.309 e. The number of hydrogen-bond donors (Lipinski definition) is 2. The zero-order valence-corrected chi connectivity index (χ0v) is 16.9. The van der Waals surface area contributed by atoms with E-state index in [2.05, 4.69) is 10.6 Å². The van der Waals surface area contributed by atoms with Gasteiger partial charge in [0, 0.05) is 26.2 Å². The van der Waals surface area contributed by atoms with Crippen molar-refractivity contribution >= 4 is 17.7 Å². The van der Waals surface area contributed by atoms with Crippen LogP contribution in [0.2, 0.25) is 0 Å². The minimum Gasteiger partial charge on any atom is -0.484 e. The zero-order chi connectivity index (χ0) is 21.2. The van der Waals surface area contributed by atoms with Gasteiger partial charge >= 0.3 is 11.8 Å². The summed E-state index contributed by atoms with van der Waals surface area (Å²) in [4.78, 5) is 38.0. The van der Waals surface area contributed by atoms with Crippen LogP contribution in [0.3, 0.4) is 0 Å². The van der Waals surface area contributed by atoms with Gasteiger partial charge in [0.25, 0.3) is 5.91 Å². The number of carbonyl (C=O) groups is 3. The number of piperidine rings is 1. The maximum atomic E-state index is 12.3. The van der Waals surface area contributed by atoms with Gasteiger partial charge in [-0.2, -0.15) is 0 Å². The smallest absolute Gasteiger partial charge is 0.309 e. The number of rotatable bonds is 7. The van der Waals surface area contributed by atoms with Gasteiger partial charge in [0.15, 0.2) is 6.61 Å². The Morgan fingerprint density at radius 3 is 2.13 bits per heavy atom. The number of benzene rings is 2. The van der Waals surface area contributed by atoms with Gasteiger partial charge in [-0.05, 0) is 36.5 Å². The van der Waals surface area contributed by atoms with E-state index in [9.17, 15) is 14.4 Å². The van der Waals surface area contributed by atoms with Crippen molar-refractivity contribution in [3.8, 4) is 5.75 Å². The predicted molar refractivity (Wildman–Crippen MR) is 113 cm³/mol. The second-order valence-electron chi connectivity index (χ2n) is 7.30. The summed E-state index contributed by atoms with van der Waals surface area (Å²) in [6, 6.07) is 18.7. The molecule has 158 valence electrons. The van der Waals surface area contributed by atoms with Crippen LogP contribution >= 0.6 is 0 Å². The molecule has 0 aliphatic carbocycles. The highest BCUT2D eigenvalue weighted by molar-refractivity contribution is 6.35. The molecule has 0 saturated carbocycles. The summed E-state index contributed by atoms with van der Waals surface area (Å²) < 4.78 is 5.52. The topological polar surface area (TPSA) is 87.7 Å². The maximum absolute atomic E-state index is 12.3. The fraction of sp³-hybridized carbons (Fsp3) is 0.348. The SMILES string of the molecule is O=C(NCc1ccccc1)C(=O)NCC1CCN(C(=O)COc2ccccc2)CC1. The number of nitrogens with zero attached hydrogens (tertiary/aromatic N) is 1. The van der Waals surface area contributed by atoms with Gasteiger partial charge in [0.2, 0.25) is 0 Å². The molecule has 2 aromatic rings. The van der Waals surface area contributed by atoms with E-state index in [-0.39, 0.29) is 18.4 Å². The summed E-state index contributed by atoms with van der Waals surface area (Å²) in [5, 5.41) is 5.32. The van der Waals surface area contributed by atoms with Crippen molar-refractivity contribution in [3.63, 3.8) is 0 Å². The number of carbonyl (C=O) groups excluding carboxylic acids is 3. The standard InChI is InChI=1S/C23H27N3O4/c27-21(17-30-20-9-5-2-6-10-20)26-13-11-19(12-14-26)16-25-23(29)22(28)24-15-18-7-3-1-4-8-18/h1-10,19H,11-17H2,(H,24,28)(H,25,29). The molecule has 1 saturated heterocycles. The third-order valence-electron chi connectivity index (χ3n) is 5.13. The fourth-order valence-electron chi connectivity index (χ4n) is 3.32. The van der Waals surface area contributed by atoms with Crippen LogP contribution in [0.5, 0.6) is 5.75 Å². The Bertz CT molecular complexity index is 834. The normalized spacial score (nSPS) is 14.1. The van der Waals surface area contributed by atoms with Crippen LogP contribution in [-0.2, 0) is 20.9 Å². The molecule has 0 unspecified atom stereocenters.